The quantitative estimate of drug-likeness (QED) is 0.176. The Labute approximate surface area is 230 Å². The summed E-state index contributed by atoms with van der Waals surface area (Å²) >= 11 is 0. The Bertz CT molecular complexity index is 1320. The van der Waals surface area contributed by atoms with Gasteiger partial charge in [0.2, 0.25) is 0 Å². The van der Waals surface area contributed by atoms with Crippen LogP contribution in [0.2, 0.25) is 0 Å². The van der Waals surface area contributed by atoms with Gasteiger partial charge in [0, 0.05) is 12.1 Å². The minimum Gasteiger partial charge on any atom is -0.507 e. The summed E-state index contributed by atoms with van der Waals surface area (Å²) in [5, 5.41) is 11.4. The average molecular weight is 529 g/mol. The Balaban J connectivity index is 1.75. The third-order valence-corrected chi connectivity index (χ3v) is 6.88. The summed E-state index contributed by atoms with van der Waals surface area (Å²) in [6.45, 7) is 9.55. The van der Waals surface area contributed by atoms with Crippen LogP contribution in [0.25, 0.3) is 5.76 Å². The number of Topliss-reactive ketones (excluding diaryl/α,β-unsaturated/α-hetero) is 1. The molecule has 204 valence electrons. The van der Waals surface area contributed by atoms with Crippen molar-refractivity contribution >= 4 is 17.4 Å². The second-order valence-corrected chi connectivity index (χ2v) is 9.32. The van der Waals surface area contributed by atoms with E-state index in [1.807, 2.05) is 61.5 Å². The smallest absolute Gasteiger partial charge is 0.295 e. The standard InChI is InChI=1S/C32H36N2O5/c1-4-33(5-2)19-12-20-34-29(23-13-10-18-27(21-23)39-25-15-8-7-9-16-25)28(31(36)32(34)37)30(35)24-14-11-17-26(22-24)38-6-3/h7-11,13-18,21-22,29,35H,4-6,12,19-20H2,1-3H3. The van der Waals surface area contributed by atoms with Gasteiger partial charge in [0.15, 0.2) is 0 Å². The maximum absolute atomic E-state index is 13.4. The van der Waals surface area contributed by atoms with Crippen LogP contribution in [-0.2, 0) is 9.59 Å². The minimum absolute atomic E-state index is 0.0633. The number of ether oxygens (including phenoxy) is 2. The van der Waals surface area contributed by atoms with Gasteiger partial charge in [0.25, 0.3) is 11.7 Å². The van der Waals surface area contributed by atoms with Gasteiger partial charge in [-0.1, -0.05) is 56.3 Å². The van der Waals surface area contributed by atoms with Crippen molar-refractivity contribution in [1.29, 1.82) is 0 Å². The number of aliphatic hydroxyl groups excluding tert-OH is 1. The molecule has 1 aliphatic heterocycles. The first kappa shape index (κ1) is 27.9. The Hall–Kier alpha value is -4.10. The molecule has 7 heteroatoms. The number of amides is 1. The molecule has 1 heterocycles. The van der Waals surface area contributed by atoms with E-state index in [0.29, 0.717) is 47.9 Å². The number of rotatable bonds is 12. The van der Waals surface area contributed by atoms with Crippen LogP contribution in [0.15, 0.2) is 84.4 Å². The maximum atomic E-state index is 13.4. The lowest BCUT2D eigenvalue weighted by Gasteiger charge is -2.27. The first-order valence-corrected chi connectivity index (χ1v) is 13.5. The fraction of sp³-hybridized carbons (Fsp3) is 0.312. The normalized spacial score (nSPS) is 16.6. The van der Waals surface area contributed by atoms with Crippen LogP contribution in [0.4, 0.5) is 0 Å². The number of hydrogen-bond donors (Lipinski definition) is 1. The molecule has 1 N–H and O–H groups in total. The largest absolute Gasteiger partial charge is 0.507 e. The van der Waals surface area contributed by atoms with Crippen molar-refractivity contribution in [3.63, 3.8) is 0 Å². The van der Waals surface area contributed by atoms with Gasteiger partial charge in [-0.25, -0.2) is 0 Å². The van der Waals surface area contributed by atoms with Gasteiger partial charge in [-0.15, -0.1) is 0 Å². The number of carbonyl (C=O) groups excluding carboxylic acids is 2. The van der Waals surface area contributed by atoms with E-state index in [9.17, 15) is 14.7 Å². The van der Waals surface area contributed by atoms with Crippen molar-refractivity contribution in [2.45, 2.75) is 33.2 Å². The number of benzene rings is 3. The molecular formula is C32H36N2O5. The summed E-state index contributed by atoms with van der Waals surface area (Å²) in [4.78, 5) is 30.6. The number of nitrogens with zero attached hydrogens (tertiary/aromatic N) is 2. The van der Waals surface area contributed by atoms with Crippen LogP contribution in [0.1, 0.15) is 44.4 Å². The number of hydrogen-bond acceptors (Lipinski definition) is 6. The molecule has 7 nitrogen and oxygen atoms in total. The molecule has 0 bridgehead atoms. The lowest BCUT2D eigenvalue weighted by atomic mass is 9.95. The van der Waals surface area contributed by atoms with Crippen LogP contribution in [0.5, 0.6) is 17.2 Å². The molecule has 1 aliphatic rings. The fourth-order valence-electron chi connectivity index (χ4n) is 4.89. The second kappa shape index (κ2) is 13.1. The zero-order valence-electron chi connectivity index (χ0n) is 22.8. The summed E-state index contributed by atoms with van der Waals surface area (Å²) in [5.41, 5.74) is 1.17. The number of carbonyl (C=O) groups is 2. The first-order chi connectivity index (χ1) is 19.0. The number of ketones is 1. The molecule has 1 fully saturated rings. The zero-order chi connectivity index (χ0) is 27.8. The van der Waals surface area contributed by atoms with Crippen LogP contribution in [0, 0.1) is 0 Å². The Morgan fingerprint density at radius 1 is 0.872 bits per heavy atom. The predicted molar refractivity (Wildman–Crippen MR) is 152 cm³/mol. The van der Waals surface area contributed by atoms with Gasteiger partial charge in [0.05, 0.1) is 18.2 Å². The van der Waals surface area contributed by atoms with Crippen molar-refractivity contribution in [2.24, 2.45) is 0 Å². The molecule has 1 atom stereocenters. The molecule has 0 aliphatic carbocycles. The molecule has 3 aromatic rings. The molecule has 39 heavy (non-hydrogen) atoms. The number of aliphatic hydroxyl groups is 1. The monoisotopic (exact) mass is 528 g/mol. The van der Waals surface area contributed by atoms with E-state index in [1.165, 1.54) is 0 Å². The highest BCUT2D eigenvalue weighted by Crippen LogP contribution is 2.41. The highest BCUT2D eigenvalue weighted by atomic mass is 16.5. The Morgan fingerprint density at radius 2 is 1.56 bits per heavy atom. The van der Waals surface area contributed by atoms with Crippen molar-refractivity contribution < 1.29 is 24.2 Å². The van der Waals surface area contributed by atoms with E-state index in [1.54, 1.807) is 29.2 Å². The lowest BCUT2D eigenvalue weighted by molar-refractivity contribution is -0.140. The van der Waals surface area contributed by atoms with Crippen LogP contribution in [-0.4, -0.2) is 59.4 Å². The summed E-state index contributed by atoms with van der Waals surface area (Å²) in [5.74, 6) is 0.291. The van der Waals surface area contributed by atoms with Crippen molar-refractivity contribution in [1.82, 2.24) is 9.80 Å². The van der Waals surface area contributed by atoms with E-state index in [-0.39, 0.29) is 11.3 Å². The molecule has 0 radical (unpaired) electrons. The zero-order valence-corrected chi connectivity index (χ0v) is 22.8. The molecule has 0 aromatic heterocycles. The molecule has 0 spiro atoms. The highest BCUT2D eigenvalue weighted by Gasteiger charge is 2.46. The lowest BCUT2D eigenvalue weighted by Crippen LogP contribution is -2.33. The summed E-state index contributed by atoms with van der Waals surface area (Å²) in [6.07, 6.45) is 0.700. The van der Waals surface area contributed by atoms with Gasteiger partial charge < -0.3 is 24.4 Å². The third kappa shape index (κ3) is 6.49. The third-order valence-electron chi connectivity index (χ3n) is 6.88. The predicted octanol–water partition coefficient (Wildman–Crippen LogP) is 6.03. The van der Waals surface area contributed by atoms with E-state index in [4.69, 9.17) is 9.47 Å². The van der Waals surface area contributed by atoms with Gasteiger partial charge in [0.1, 0.15) is 23.0 Å². The first-order valence-electron chi connectivity index (χ1n) is 13.5. The molecule has 1 saturated heterocycles. The van der Waals surface area contributed by atoms with Crippen molar-refractivity contribution in [2.75, 3.05) is 32.8 Å². The van der Waals surface area contributed by atoms with E-state index < -0.39 is 17.7 Å². The molecular weight excluding hydrogens is 492 g/mol. The summed E-state index contributed by atoms with van der Waals surface area (Å²) in [7, 11) is 0. The van der Waals surface area contributed by atoms with Crippen LogP contribution in [0.3, 0.4) is 0 Å². The number of para-hydroxylation sites is 1. The molecule has 1 amide bonds. The maximum Gasteiger partial charge on any atom is 0.295 e. The topological polar surface area (TPSA) is 79.3 Å². The molecule has 3 aromatic carbocycles. The Morgan fingerprint density at radius 3 is 2.28 bits per heavy atom. The fourth-order valence-corrected chi connectivity index (χ4v) is 4.89. The molecule has 4 rings (SSSR count). The second-order valence-electron chi connectivity index (χ2n) is 9.32. The van der Waals surface area contributed by atoms with Crippen molar-refractivity contribution in [3.05, 3.63) is 95.6 Å². The summed E-state index contributed by atoms with van der Waals surface area (Å²) < 4.78 is 11.6. The Kier molecular flexibility index (Phi) is 9.39. The SMILES string of the molecule is CCOc1cccc(C(O)=C2C(=O)C(=O)N(CCCN(CC)CC)C2c2cccc(Oc3ccccc3)c2)c1. The van der Waals surface area contributed by atoms with E-state index >= 15 is 0 Å². The summed E-state index contributed by atoms with van der Waals surface area (Å²) in [6, 6.07) is 22.9. The molecule has 0 saturated carbocycles. The molecule has 1 unspecified atom stereocenters. The highest BCUT2D eigenvalue weighted by molar-refractivity contribution is 6.46. The average Bonchev–Trinajstić information content (AvgIpc) is 3.21. The van der Waals surface area contributed by atoms with Gasteiger partial charge >= 0.3 is 0 Å². The van der Waals surface area contributed by atoms with Gasteiger partial charge in [-0.3, -0.25) is 9.59 Å². The van der Waals surface area contributed by atoms with E-state index in [2.05, 4.69) is 18.7 Å². The van der Waals surface area contributed by atoms with Crippen LogP contribution >= 0.6 is 0 Å². The number of likely N-dealkylation sites (tertiary alicyclic amines) is 1. The van der Waals surface area contributed by atoms with Crippen LogP contribution < -0.4 is 9.47 Å². The minimum atomic E-state index is -0.753. The van der Waals surface area contributed by atoms with Gasteiger partial charge in [-0.2, -0.15) is 0 Å². The van der Waals surface area contributed by atoms with Gasteiger partial charge in [-0.05, 0) is 74.9 Å². The van der Waals surface area contributed by atoms with E-state index in [0.717, 1.165) is 19.6 Å². The van der Waals surface area contributed by atoms with Crippen molar-refractivity contribution in [3.8, 4) is 17.2 Å².